The van der Waals surface area contributed by atoms with Crippen LogP contribution in [0.1, 0.15) is 16.4 Å². The number of nitrogens with one attached hydrogen (secondary N) is 2. The van der Waals surface area contributed by atoms with Crippen molar-refractivity contribution >= 4 is 46.9 Å². The maximum Gasteiger partial charge on any atom is 0.434 e. The molecule has 0 fully saturated rings. The molecule has 0 radical (unpaired) electrons. The summed E-state index contributed by atoms with van der Waals surface area (Å²) in [6, 6.07) is 5.83. The molecule has 0 saturated heterocycles. The van der Waals surface area contributed by atoms with Crippen LogP contribution in [0.5, 0.6) is 0 Å². The third-order valence-electron chi connectivity index (χ3n) is 3.78. The van der Waals surface area contributed by atoms with E-state index in [4.69, 9.17) is 0 Å². The van der Waals surface area contributed by atoms with Crippen molar-refractivity contribution in [3.63, 3.8) is 0 Å². The molecule has 0 spiro atoms. The van der Waals surface area contributed by atoms with Crippen LogP contribution in [0.2, 0.25) is 0 Å². The predicted molar refractivity (Wildman–Crippen MR) is 114 cm³/mol. The molecule has 2 N–H and O–H groups in total. The van der Waals surface area contributed by atoms with Crippen LogP contribution in [0.3, 0.4) is 0 Å². The lowest BCUT2D eigenvalue weighted by Gasteiger charge is -2.10. The van der Waals surface area contributed by atoms with E-state index in [9.17, 15) is 13.2 Å². The first kappa shape index (κ1) is 22.4. The summed E-state index contributed by atoms with van der Waals surface area (Å²) in [6.07, 6.45) is 0.659. The third-order valence-corrected chi connectivity index (χ3v) is 4.69. The van der Waals surface area contributed by atoms with Gasteiger partial charge in [-0.2, -0.15) is 13.2 Å². The van der Waals surface area contributed by atoms with E-state index in [0.717, 1.165) is 34.5 Å². The van der Waals surface area contributed by atoms with Crippen molar-refractivity contribution in [3.05, 3.63) is 52.4 Å². The first-order chi connectivity index (χ1) is 13.0. The van der Waals surface area contributed by atoms with Gasteiger partial charge in [-0.25, -0.2) is 9.97 Å². The van der Waals surface area contributed by atoms with Crippen LogP contribution >= 0.6 is 35.3 Å². The lowest BCUT2D eigenvalue weighted by Crippen LogP contribution is -2.39. The quantitative estimate of drug-likeness (QED) is 0.295. The Kier molecular flexibility index (Phi) is 8.04. The zero-order chi connectivity index (χ0) is 19.3. The van der Waals surface area contributed by atoms with Crippen LogP contribution in [0.15, 0.2) is 41.0 Å². The van der Waals surface area contributed by atoms with Gasteiger partial charge in [-0.15, -0.1) is 35.3 Å². The lowest BCUT2D eigenvalue weighted by molar-refractivity contribution is -0.140. The van der Waals surface area contributed by atoms with E-state index < -0.39 is 11.9 Å². The predicted octanol–water partition coefficient (Wildman–Crippen LogP) is 3.38. The van der Waals surface area contributed by atoms with Gasteiger partial charge in [-0.3, -0.25) is 4.99 Å². The number of nitrogens with zero attached hydrogens (tertiary/aromatic N) is 4. The summed E-state index contributed by atoms with van der Waals surface area (Å²) < 4.78 is 39.6. The Labute approximate surface area is 181 Å². The van der Waals surface area contributed by atoms with Crippen molar-refractivity contribution in [2.24, 2.45) is 4.99 Å². The van der Waals surface area contributed by atoms with Crippen LogP contribution < -0.4 is 10.6 Å². The van der Waals surface area contributed by atoms with Crippen LogP contribution in [0, 0.1) is 0 Å². The summed E-state index contributed by atoms with van der Waals surface area (Å²) in [6.45, 7) is 1.08. The summed E-state index contributed by atoms with van der Waals surface area (Å²) in [5.41, 5.74) is 1.03. The van der Waals surface area contributed by atoms with Gasteiger partial charge in [-0.1, -0.05) is 6.07 Å². The summed E-state index contributed by atoms with van der Waals surface area (Å²) >= 11 is 1.01. The van der Waals surface area contributed by atoms with E-state index in [0.29, 0.717) is 30.5 Å². The zero-order valence-corrected chi connectivity index (χ0v) is 18.2. The highest BCUT2D eigenvalue weighted by molar-refractivity contribution is 14.0. The Morgan fingerprint density at radius 3 is 2.57 bits per heavy atom. The van der Waals surface area contributed by atoms with Crippen molar-refractivity contribution in [1.29, 1.82) is 0 Å². The van der Waals surface area contributed by atoms with Crippen LogP contribution in [-0.2, 0) is 19.0 Å². The summed E-state index contributed by atoms with van der Waals surface area (Å²) in [4.78, 5) is 12.2. The topological polar surface area (TPSA) is 66.6 Å². The molecule has 0 aliphatic heterocycles. The molecule has 0 aliphatic carbocycles. The molecular weight excluding hydrogens is 504 g/mol. The fourth-order valence-electron chi connectivity index (χ4n) is 2.48. The first-order valence-corrected chi connectivity index (χ1v) is 9.22. The van der Waals surface area contributed by atoms with E-state index in [1.807, 2.05) is 35.0 Å². The number of pyridine rings is 1. The number of rotatable bonds is 6. The zero-order valence-electron chi connectivity index (χ0n) is 15.0. The fourth-order valence-corrected chi connectivity index (χ4v) is 3.29. The van der Waals surface area contributed by atoms with E-state index in [1.165, 1.54) is 0 Å². The summed E-state index contributed by atoms with van der Waals surface area (Å²) in [7, 11) is 1.64. The molecule has 11 heteroatoms. The minimum atomic E-state index is -4.39. The third kappa shape index (κ3) is 6.06. The van der Waals surface area contributed by atoms with Crippen molar-refractivity contribution in [3.8, 4) is 0 Å². The van der Waals surface area contributed by atoms with Crippen LogP contribution in [0.4, 0.5) is 13.2 Å². The molecule has 0 unspecified atom stereocenters. The minimum absolute atomic E-state index is 0. The number of imidazole rings is 1. The summed E-state index contributed by atoms with van der Waals surface area (Å²) in [5.74, 6) is 0.589. The number of hydrogen-bond donors (Lipinski definition) is 2. The SMILES string of the molecule is CN=C(NCCc1cn2ccccc2n1)NCCc1nc(C(F)(F)F)cs1.I. The van der Waals surface area contributed by atoms with Gasteiger partial charge in [0.15, 0.2) is 11.7 Å². The standard InChI is InChI=1S/C17H19F3N6S.HI/c1-21-16(23-8-6-15-25-13(11-27-15)17(18,19)20)22-7-5-12-10-26-9-3-2-4-14(26)24-12;/h2-4,9-11H,5-8H2,1H3,(H2,21,22,23);1H. The van der Waals surface area contributed by atoms with Gasteiger partial charge in [-0.05, 0) is 12.1 Å². The van der Waals surface area contributed by atoms with Crippen molar-refractivity contribution in [2.75, 3.05) is 20.1 Å². The fraction of sp³-hybridized carbons (Fsp3) is 0.353. The van der Waals surface area contributed by atoms with Gasteiger partial charge >= 0.3 is 6.18 Å². The molecule has 0 aromatic carbocycles. The first-order valence-electron chi connectivity index (χ1n) is 8.34. The van der Waals surface area contributed by atoms with E-state index in [-0.39, 0.29) is 24.0 Å². The van der Waals surface area contributed by atoms with Gasteiger partial charge in [0.1, 0.15) is 5.65 Å². The van der Waals surface area contributed by atoms with E-state index >= 15 is 0 Å². The largest absolute Gasteiger partial charge is 0.434 e. The molecule has 3 aromatic heterocycles. The number of hydrogen-bond acceptors (Lipinski definition) is 4. The Hall–Kier alpha value is -1.89. The lowest BCUT2D eigenvalue weighted by atomic mass is 10.3. The molecule has 28 heavy (non-hydrogen) atoms. The molecule has 3 aromatic rings. The minimum Gasteiger partial charge on any atom is -0.356 e. The number of fused-ring (bicyclic) bond motifs is 1. The van der Waals surface area contributed by atoms with Gasteiger partial charge in [0.2, 0.25) is 0 Å². The number of thiazole rings is 1. The number of guanidine groups is 1. The highest BCUT2D eigenvalue weighted by atomic mass is 127. The molecular formula is C17H20F3IN6S. The average Bonchev–Trinajstić information content (AvgIpc) is 3.26. The van der Waals surface area contributed by atoms with Crippen molar-refractivity contribution < 1.29 is 13.2 Å². The van der Waals surface area contributed by atoms with Crippen molar-refractivity contribution in [2.45, 2.75) is 19.0 Å². The molecule has 6 nitrogen and oxygen atoms in total. The highest BCUT2D eigenvalue weighted by Gasteiger charge is 2.33. The van der Waals surface area contributed by atoms with Crippen LogP contribution in [0.25, 0.3) is 5.65 Å². The smallest absolute Gasteiger partial charge is 0.356 e. The second kappa shape index (κ2) is 10.0. The summed E-state index contributed by atoms with van der Waals surface area (Å²) in [5, 5.41) is 7.73. The highest BCUT2D eigenvalue weighted by Crippen LogP contribution is 2.29. The van der Waals surface area contributed by atoms with Gasteiger partial charge < -0.3 is 15.0 Å². The van der Waals surface area contributed by atoms with Gasteiger partial charge in [0.05, 0.1) is 10.7 Å². The molecule has 152 valence electrons. The van der Waals surface area contributed by atoms with Gasteiger partial charge in [0, 0.05) is 50.8 Å². The maximum absolute atomic E-state index is 12.5. The molecule has 0 aliphatic rings. The Morgan fingerprint density at radius 1 is 1.18 bits per heavy atom. The molecule has 0 saturated carbocycles. The normalized spacial score (nSPS) is 12.1. The molecule has 3 heterocycles. The second-order valence-corrected chi connectivity index (χ2v) is 6.69. The number of alkyl halides is 3. The average molecular weight is 524 g/mol. The maximum atomic E-state index is 12.5. The molecule has 0 bridgehead atoms. The van der Waals surface area contributed by atoms with E-state index in [2.05, 4.69) is 25.6 Å². The Bertz CT molecular complexity index is 888. The molecule has 3 rings (SSSR count). The molecule has 0 atom stereocenters. The Morgan fingerprint density at radius 2 is 1.93 bits per heavy atom. The van der Waals surface area contributed by atoms with Gasteiger partial charge in [0.25, 0.3) is 0 Å². The Balaban J connectivity index is 0.00000280. The molecule has 0 amide bonds. The number of aromatic nitrogens is 3. The van der Waals surface area contributed by atoms with E-state index in [1.54, 1.807) is 7.05 Å². The number of halogens is 4. The monoisotopic (exact) mass is 524 g/mol. The second-order valence-electron chi connectivity index (χ2n) is 5.75. The number of aliphatic imine (C=N–C) groups is 1. The van der Waals surface area contributed by atoms with Crippen molar-refractivity contribution in [1.82, 2.24) is 25.0 Å². The van der Waals surface area contributed by atoms with Crippen LogP contribution in [-0.4, -0.2) is 40.5 Å².